The van der Waals surface area contributed by atoms with E-state index in [1.54, 1.807) is 0 Å². The van der Waals surface area contributed by atoms with Crippen molar-refractivity contribution in [3.8, 4) is 0 Å². The highest BCUT2D eigenvalue weighted by molar-refractivity contribution is 5.76. The number of aryl methyl sites for hydroxylation is 1. The predicted molar refractivity (Wildman–Crippen MR) is 92.6 cm³/mol. The zero-order valence-electron chi connectivity index (χ0n) is 14.0. The fourth-order valence-electron chi connectivity index (χ4n) is 3.75. The molecule has 22 heavy (non-hydrogen) atoms. The standard InChI is InChI=1S/C20H31NO/c1-2-3-4-5-6-11-19(20(21)22)15-16-12-13-17-9-7-8-10-18(17)14-16/h7-10,16,19H,2-6,11-15H2,1H3,(H2,21,22). The van der Waals surface area contributed by atoms with Crippen LogP contribution in [-0.2, 0) is 17.6 Å². The maximum atomic E-state index is 11.8. The van der Waals surface area contributed by atoms with E-state index in [0.29, 0.717) is 5.92 Å². The summed E-state index contributed by atoms with van der Waals surface area (Å²) in [6, 6.07) is 8.73. The van der Waals surface area contributed by atoms with E-state index in [1.807, 2.05) is 0 Å². The average molecular weight is 301 g/mol. The van der Waals surface area contributed by atoms with E-state index in [-0.39, 0.29) is 11.8 Å². The van der Waals surface area contributed by atoms with Gasteiger partial charge in [0.1, 0.15) is 0 Å². The Labute approximate surface area is 135 Å². The van der Waals surface area contributed by atoms with Crippen molar-refractivity contribution in [3.63, 3.8) is 0 Å². The second-order valence-electron chi connectivity index (χ2n) is 6.92. The monoisotopic (exact) mass is 301 g/mol. The van der Waals surface area contributed by atoms with Gasteiger partial charge in [-0.3, -0.25) is 4.79 Å². The van der Waals surface area contributed by atoms with Crippen LogP contribution in [0, 0.1) is 11.8 Å². The molecule has 2 heteroatoms. The highest BCUT2D eigenvalue weighted by Gasteiger charge is 2.24. The van der Waals surface area contributed by atoms with Gasteiger partial charge >= 0.3 is 0 Å². The number of nitrogens with two attached hydrogens (primary N) is 1. The Hall–Kier alpha value is -1.31. The summed E-state index contributed by atoms with van der Waals surface area (Å²) in [4.78, 5) is 11.8. The minimum Gasteiger partial charge on any atom is -0.369 e. The molecular formula is C20H31NO. The van der Waals surface area contributed by atoms with Crippen LogP contribution in [0.2, 0.25) is 0 Å². The molecular weight excluding hydrogens is 270 g/mol. The van der Waals surface area contributed by atoms with Gasteiger partial charge < -0.3 is 5.73 Å². The smallest absolute Gasteiger partial charge is 0.220 e. The van der Waals surface area contributed by atoms with Gasteiger partial charge in [0.2, 0.25) is 5.91 Å². The molecule has 1 aliphatic carbocycles. The van der Waals surface area contributed by atoms with Crippen molar-refractivity contribution in [1.82, 2.24) is 0 Å². The molecule has 0 radical (unpaired) electrons. The van der Waals surface area contributed by atoms with Crippen molar-refractivity contribution in [1.29, 1.82) is 0 Å². The lowest BCUT2D eigenvalue weighted by Gasteiger charge is -2.27. The molecule has 1 aromatic carbocycles. The Morgan fingerprint density at radius 2 is 1.91 bits per heavy atom. The normalized spacial score (nSPS) is 18.7. The average Bonchev–Trinajstić information content (AvgIpc) is 2.53. The lowest BCUT2D eigenvalue weighted by Crippen LogP contribution is -2.27. The number of carbonyl (C=O) groups is 1. The fraction of sp³-hybridized carbons (Fsp3) is 0.650. The Balaban J connectivity index is 1.80. The summed E-state index contributed by atoms with van der Waals surface area (Å²) in [5.41, 5.74) is 8.62. The third-order valence-electron chi connectivity index (χ3n) is 5.13. The molecule has 0 saturated heterocycles. The summed E-state index contributed by atoms with van der Waals surface area (Å²) in [7, 11) is 0. The number of fused-ring (bicyclic) bond motifs is 1. The van der Waals surface area contributed by atoms with Gasteiger partial charge in [-0.15, -0.1) is 0 Å². The number of benzene rings is 1. The van der Waals surface area contributed by atoms with Gasteiger partial charge in [0.25, 0.3) is 0 Å². The van der Waals surface area contributed by atoms with Gasteiger partial charge in [-0.1, -0.05) is 63.3 Å². The summed E-state index contributed by atoms with van der Waals surface area (Å²) >= 11 is 0. The quantitative estimate of drug-likeness (QED) is 0.663. The Kier molecular flexibility index (Phi) is 6.95. The third-order valence-corrected chi connectivity index (χ3v) is 5.13. The molecule has 2 rings (SSSR count). The molecule has 0 bridgehead atoms. The molecule has 0 fully saturated rings. The van der Waals surface area contributed by atoms with Gasteiger partial charge in [0.05, 0.1) is 0 Å². The zero-order chi connectivity index (χ0) is 15.8. The van der Waals surface area contributed by atoms with Gasteiger partial charge in [-0.2, -0.15) is 0 Å². The van der Waals surface area contributed by atoms with Crippen LogP contribution >= 0.6 is 0 Å². The maximum absolute atomic E-state index is 11.8. The van der Waals surface area contributed by atoms with Crippen molar-refractivity contribution >= 4 is 5.91 Å². The number of amides is 1. The molecule has 0 saturated carbocycles. The predicted octanol–water partition coefficient (Wildman–Crippen LogP) is 4.64. The van der Waals surface area contributed by atoms with E-state index in [0.717, 1.165) is 32.1 Å². The third kappa shape index (κ3) is 5.15. The van der Waals surface area contributed by atoms with Crippen molar-refractivity contribution in [3.05, 3.63) is 35.4 Å². The van der Waals surface area contributed by atoms with Crippen LogP contribution in [0.15, 0.2) is 24.3 Å². The second-order valence-corrected chi connectivity index (χ2v) is 6.92. The van der Waals surface area contributed by atoms with E-state index in [2.05, 4.69) is 31.2 Å². The van der Waals surface area contributed by atoms with Crippen LogP contribution in [0.5, 0.6) is 0 Å². The highest BCUT2D eigenvalue weighted by atomic mass is 16.1. The van der Waals surface area contributed by atoms with E-state index in [1.165, 1.54) is 43.2 Å². The van der Waals surface area contributed by atoms with Gasteiger partial charge in [-0.05, 0) is 49.1 Å². The molecule has 2 atom stereocenters. The fourth-order valence-corrected chi connectivity index (χ4v) is 3.75. The van der Waals surface area contributed by atoms with Crippen LogP contribution < -0.4 is 5.73 Å². The SMILES string of the molecule is CCCCCCCC(CC1CCc2ccccc2C1)C(N)=O. The first kappa shape index (κ1) is 17.1. The Bertz CT molecular complexity index is 469. The molecule has 1 aliphatic rings. The topological polar surface area (TPSA) is 43.1 Å². The molecule has 2 unspecified atom stereocenters. The highest BCUT2D eigenvalue weighted by Crippen LogP contribution is 2.31. The first-order valence-electron chi connectivity index (χ1n) is 9.06. The van der Waals surface area contributed by atoms with Gasteiger partial charge in [-0.25, -0.2) is 0 Å². The molecule has 0 heterocycles. The molecule has 1 amide bonds. The van der Waals surface area contributed by atoms with Crippen molar-refractivity contribution < 1.29 is 4.79 Å². The zero-order valence-corrected chi connectivity index (χ0v) is 14.0. The summed E-state index contributed by atoms with van der Waals surface area (Å²) in [6.07, 6.45) is 11.7. The minimum atomic E-state index is -0.0886. The molecule has 0 spiro atoms. The number of unbranched alkanes of at least 4 members (excludes halogenated alkanes) is 4. The van der Waals surface area contributed by atoms with E-state index in [9.17, 15) is 4.79 Å². The summed E-state index contributed by atoms with van der Waals surface area (Å²) in [5.74, 6) is 0.620. The minimum absolute atomic E-state index is 0.0805. The number of hydrogen-bond donors (Lipinski definition) is 1. The maximum Gasteiger partial charge on any atom is 0.220 e. The van der Waals surface area contributed by atoms with Crippen LogP contribution in [0.3, 0.4) is 0 Å². The lowest BCUT2D eigenvalue weighted by atomic mass is 9.78. The summed E-state index contributed by atoms with van der Waals surface area (Å²) in [5, 5.41) is 0. The number of rotatable bonds is 9. The van der Waals surface area contributed by atoms with E-state index < -0.39 is 0 Å². The van der Waals surface area contributed by atoms with Crippen molar-refractivity contribution in [2.24, 2.45) is 17.6 Å². The molecule has 2 nitrogen and oxygen atoms in total. The molecule has 0 aromatic heterocycles. The number of carbonyl (C=O) groups excluding carboxylic acids is 1. The Morgan fingerprint density at radius 1 is 1.18 bits per heavy atom. The second kappa shape index (κ2) is 8.97. The van der Waals surface area contributed by atoms with E-state index in [4.69, 9.17) is 5.73 Å². The van der Waals surface area contributed by atoms with Gasteiger partial charge in [0, 0.05) is 5.92 Å². The van der Waals surface area contributed by atoms with Crippen molar-refractivity contribution in [2.45, 2.75) is 71.1 Å². The first-order valence-corrected chi connectivity index (χ1v) is 9.06. The van der Waals surface area contributed by atoms with Crippen LogP contribution in [0.25, 0.3) is 0 Å². The van der Waals surface area contributed by atoms with Gasteiger partial charge in [0.15, 0.2) is 0 Å². The summed E-state index contributed by atoms with van der Waals surface area (Å²) < 4.78 is 0. The first-order chi connectivity index (χ1) is 10.7. The van der Waals surface area contributed by atoms with Crippen LogP contribution in [0.1, 0.15) is 69.4 Å². The van der Waals surface area contributed by atoms with Crippen LogP contribution in [0.4, 0.5) is 0 Å². The lowest BCUT2D eigenvalue weighted by molar-refractivity contribution is -0.122. The number of hydrogen-bond acceptors (Lipinski definition) is 1. The molecule has 1 aromatic rings. The molecule has 2 N–H and O–H groups in total. The summed E-state index contributed by atoms with van der Waals surface area (Å²) in [6.45, 7) is 2.23. The largest absolute Gasteiger partial charge is 0.369 e. The molecule has 122 valence electrons. The van der Waals surface area contributed by atoms with E-state index >= 15 is 0 Å². The number of primary amides is 1. The molecule has 0 aliphatic heterocycles. The van der Waals surface area contributed by atoms with Crippen molar-refractivity contribution in [2.75, 3.05) is 0 Å². The Morgan fingerprint density at radius 3 is 2.64 bits per heavy atom. The van der Waals surface area contributed by atoms with Crippen LogP contribution in [-0.4, -0.2) is 5.91 Å².